The first-order chi connectivity index (χ1) is 7.45. The van der Waals surface area contributed by atoms with E-state index in [1.807, 2.05) is 19.2 Å². The van der Waals surface area contributed by atoms with Gasteiger partial charge in [0.25, 0.3) is 0 Å². The fraction of sp³-hybridized carbons (Fsp3) is 0.500. The van der Waals surface area contributed by atoms with Crippen LogP contribution in [0.2, 0.25) is 0 Å². The van der Waals surface area contributed by atoms with Crippen LogP contribution >= 0.6 is 0 Å². The van der Waals surface area contributed by atoms with Crippen molar-refractivity contribution in [3.8, 4) is 0 Å². The van der Waals surface area contributed by atoms with Crippen molar-refractivity contribution in [2.75, 3.05) is 13.3 Å². The number of likely N-dealkylation sites (N-methyl/N-ethyl adjacent to an activating group) is 1. The summed E-state index contributed by atoms with van der Waals surface area (Å²) in [4.78, 5) is 0.414. The molecule has 0 unspecified atom stereocenters. The molecule has 0 radical (unpaired) electrons. The summed E-state index contributed by atoms with van der Waals surface area (Å²) in [6.07, 6.45) is 4.50. The van der Waals surface area contributed by atoms with Gasteiger partial charge in [-0.15, -0.1) is 0 Å². The highest BCUT2D eigenvalue weighted by molar-refractivity contribution is 7.90. The number of hydrogen-bond acceptors (Lipinski definition) is 3. The van der Waals surface area contributed by atoms with Crippen LogP contribution in [0.4, 0.5) is 0 Å². The summed E-state index contributed by atoms with van der Waals surface area (Å²) < 4.78 is 22.8. The topological polar surface area (TPSA) is 46.2 Å². The zero-order valence-electron chi connectivity index (χ0n) is 9.66. The molecule has 1 aromatic rings. The van der Waals surface area contributed by atoms with E-state index in [1.165, 1.54) is 19.1 Å². The van der Waals surface area contributed by atoms with Gasteiger partial charge >= 0.3 is 0 Å². The maximum Gasteiger partial charge on any atom is 0.175 e. The van der Waals surface area contributed by atoms with Crippen LogP contribution in [0.15, 0.2) is 29.2 Å². The lowest BCUT2D eigenvalue weighted by Gasteiger charge is -2.14. The highest BCUT2D eigenvalue weighted by Crippen LogP contribution is 2.38. The summed E-state index contributed by atoms with van der Waals surface area (Å²) in [7, 11) is -1.12. The average molecular weight is 239 g/mol. The molecule has 0 heterocycles. The van der Waals surface area contributed by atoms with Gasteiger partial charge in [0, 0.05) is 11.8 Å². The Balaban J connectivity index is 2.23. The van der Waals surface area contributed by atoms with E-state index in [1.54, 1.807) is 12.1 Å². The normalized spacial score (nSPS) is 18.4. The molecule has 1 aromatic carbocycles. The third-order valence-corrected chi connectivity index (χ3v) is 4.36. The highest BCUT2D eigenvalue weighted by Gasteiger charge is 2.40. The molecular weight excluding hydrogens is 222 g/mol. The summed E-state index contributed by atoms with van der Waals surface area (Å²) in [6, 6.07) is 7.24. The molecule has 0 aromatic heterocycles. The van der Waals surface area contributed by atoms with Crippen molar-refractivity contribution in [1.82, 2.24) is 5.32 Å². The van der Waals surface area contributed by atoms with E-state index in [0.29, 0.717) is 4.90 Å². The number of benzene rings is 1. The van der Waals surface area contributed by atoms with Crippen molar-refractivity contribution >= 4 is 9.84 Å². The van der Waals surface area contributed by atoms with Crippen LogP contribution in [0, 0.1) is 0 Å². The van der Waals surface area contributed by atoms with Crippen LogP contribution in [0.5, 0.6) is 0 Å². The van der Waals surface area contributed by atoms with E-state index in [9.17, 15) is 8.42 Å². The Labute approximate surface area is 96.8 Å². The van der Waals surface area contributed by atoms with Gasteiger partial charge in [-0.3, -0.25) is 0 Å². The van der Waals surface area contributed by atoms with Crippen LogP contribution in [0.25, 0.3) is 0 Å². The van der Waals surface area contributed by atoms with Gasteiger partial charge in [0.2, 0.25) is 0 Å². The molecule has 1 fully saturated rings. The minimum atomic E-state index is -3.09. The van der Waals surface area contributed by atoms with E-state index >= 15 is 0 Å². The van der Waals surface area contributed by atoms with Crippen molar-refractivity contribution in [3.05, 3.63) is 29.8 Å². The summed E-state index contributed by atoms with van der Waals surface area (Å²) in [5.41, 5.74) is 1.31. The Bertz CT molecular complexity index is 489. The van der Waals surface area contributed by atoms with Crippen molar-refractivity contribution in [3.63, 3.8) is 0 Å². The number of sulfone groups is 1. The molecule has 0 amide bonds. The average Bonchev–Trinajstić information content (AvgIpc) is 2.98. The van der Waals surface area contributed by atoms with Gasteiger partial charge in [0.1, 0.15) is 0 Å². The molecule has 4 heteroatoms. The standard InChI is InChI=1S/C12H17NO2S/c1-13-12(6-7-12)9-10-4-3-5-11(8-10)16(2,14)15/h3-5,8,13H,6-7,9H2,1-2H3. The largest absolute Gasteiger partial charge is 0.314 e. The van der Waals surface area contributed by atoms with Crippen LogP contribution in [-0.4, -0.2) is 27.3 Å². The lowest BCUT2D eigenvalue weighted by Crippen LogP contribution is -2.29. The Hall–Kier alpha value is -0.870. The molecular formula is C12H17NO2S. The molecule has 1 aliphatic rings. The number of rotatable bonds is 4. The van der Waals surface area contributed by atoms with Gasteiger partial charge in [-0.2, -0.15) is 0 Å². The summed E-state index contributed by atoms with van der Waals surface area (Å²) in [6.45, 7) is 0. The van der Waals surface area contributed by atoms with Gasteiger partial charge < -0.3 is 5.32 Å². The Kier molecular flexibility index (Phi) is 2.80. The molecule has 0 bridgehead atoms. The zero-order valence-corrected chi connectivity index (χ0v) is 10.5. The van der Waals surface area contributed by atoms with Crippen molar-refractivity contribution < 1.29 is 8.42 Å². The van der Waals surface area contributed by atoms with Crippen LogP contribution in [-0.2, 0) is 16.3 Å². The molecule has 0 atom stereocenters. The quantitative estimate of drug-likeness (QED) is 0.863. The van der Waals surface area contributed by atoms with E-state index in [-0.39, 0.29) is 5.54 Å². The highest BCUT2D eigenvalue weighted by atomic mass is 32.2. The first-order valence-electron chi connectivity index (χ1n) is 5.43. The third kappa shape index (κ3) is 2.44. The van der Waals surface area contributed by atoms with Gasteiger partial charge in [-0.25, -0.2) is 8.42 Å². The fourth-order valence-electron chi connectivity index (χ4n) is 1.94. The van der Waals surface area contributed by atoms with Crippen LogP contribution in [0.3, 0.4) is 0 Å². The lowest BCUT2D eigenvalue weighted by atomic mass is 10.0. The molecule has 1 aliphatic carbocycles. The molecule has 88 valence electrons. The Morgan fingerprint density at radius 1 is 1.38 bits per heavy atom. The molecule has 2 rings (SSSR count). The van der Waals surface area contributed by atoms with E-state index in [2.05, 4.69) is 5.32 Å². The summed E-state index contributed by atoms with van der Waals surface area (Å²) >= 11 is 0. The van der Waals surface area contributed by atoms with Gasteiger partial charge in [0.05, 0.1) is 4.90 Å². The number of hydrogen-bond donors (Lipinski definition) is 1. The minimum absolute atomic E-state index is 0.218. The maximum absolute atomic E-state index is 11.4. The smallest absolute Gasteiger partial charge is 0.175 e. The molecule has 0 saturated heterocycles. The van der Waals surface area contributed by atoms with Crippen molar-refractivity contribution in [2.24, 2.45) is 0 Å². The second-order valence-corrected chi connectivity index (χ2v) is 6.64. The molecule has 16 heavy (non-hydrogen) atoms. The first kappa shape index (κ1) is 11.6. The van der Waals surface area contributed by atoms with Crippen molar-refractivity contribution in [2.45, 2.75) is 29.7 Å². The monoisotopic (exact) mass is 239 g/mol. The molecule has 1 saturated carbocycles. The van der Waals surface area contributed by atoms with E-state index in [0.717, 1.165) is 12.0 Å². The predicted molar refractivity (Wildman–Crippen MR) is 64.3 cm³/mol. The first-order valence-corrected chi connectivity index (χ1v) is 7.32. The summed E-state index contributed by atoms with van der Waals surface area (Å²) in [5.74, 6) is 0. The summed E-state index contributed by atoms with van der Waals surface area (Å²) in [5, 5.41) is 3.31. The van der Waals surface area contributed by atoms with Crippen molar-refractivity contribution in [1.29, 1.82) is 0 Å². The second-order valence-electron chi connectivity index (χ2n) is 4.63. The van der Waals surface area contributed by atoms with Crippen LogP contribution < -0.4 is 5.32 Å². The van der Waals surface area contributed by atoms with Gasteiger partial charge in [-0.05, 0) is 44.0 Å². The van der Waals surface area contributed by atoms with Gasteiger partial charge in [-0.1, -0.05) is 12.1 Å². The lowest BCUT2D eigenvalue weighted by molar-refractivity contribution is 0.548. The third-order valence-electron chi connectivity index (χ3n) is 3.25. The molecule has 1 N–H and O–H groups in total. The second kappa shape index (κ2) is 3.86. The number of nitrogens with one attached hydrogen (secondary N) is 1. The Morgan fingerprint density at radius 3 is 2.56 bits per heavy atom. The minimum Gasteiger partial charge on any atom is -0.314 e. The SMILES string of the molecule is CNC1(Cc2cccc(S(C)(=O)=O)c2)CC1. The van der Waals surface area contributed by atoms with E-state index in [4.69, 9.17) is 0 Å². The molecule has 3 nitrogen and oxygen atoms in total. The molecule has 0 spiro atoms. The van der Waals surface area contributed by atoms with Crippen LogP contribution in [0.1, 0.15) is 18.4 Å². The van der Waals surface area contributed by atoms with Gasteiger partial charge in [0.15, 0.2) is 9.84 Å². The van der Waals surface area contributed by atoms with E-state index < -0.39 is 9.84 Å². The Morgan fingerprint density at radius 2 is 2.06 bits per heavy atom. The zero-order chi connectivity index (χ0) is 11.8. The fourth-order valence-corrected chi connectivity index (χ4v) is 2.63. The maximum atomic E-state index is 11.4. The molecule has 0 aliphatic heterocycles. The predicted octanol–water partition coefficient (Wildman–Crippen LogP) is 1.38.